The molecule has 0 radical (unpaired) electrons. The molecular formula is C21H23N3O6S. The van der Waals surface area contributed by atoms with Crippen molar-refractivity contribution in [2.24, 2.45) is 0 Å². The zero-order chi connectivity index (χ0) is 22.8. The summed E-state index contributed by atoms with van der Waals surface area (Å²) in [6.07, 6.45) is 0. The number of sulfonamides is 1. The summed E-state index contributed by atoms with van der Waals surface area (Å²) in [5.41, 5.74) is -0.544. The fourth-order valence-electron chi connectivity index (χ4n) is 3.16. The Balaban J connectivity index is 1.92. The minimum absolute atomic E-state index is 0.0273. The number of phenolic OH excluding ortho intramolecular Hbond substituents is 1. The molecule has 3 aromatic rings. The van der Waals surface area contributed by atoms with Crippen molar-refractivity contribution in [3.05, 3.63) is 74.5 Å². The Hall–Kier alpha value is -3.21. The summed E-state index contributed by atoms with van der Waals surface area (Å²) in [5.74, 6) is -0.590. The van der Waals surface area contributed by atoms with Crippen molar-refractivity contribution in [2.45, 2.75) is 24.8 Å². The molecule has 3 aromatic carbocycles. The number of benzene rings is 2. The van der Waals surface area contributed by atoms with Crippen molar-refractivity contribution in [2.75, 3.05) is 24.3 Å². The van der Waals surface area contributed by atoms with Crippen LogP contribution in [-0.2, 0) is 14.9 Å². The molecule has 31 heavy (non-hydrogen) atoms. The van der Waals surface area contributed by atoms with Gasteiger partial charge in [-0.25, -0.2) is 8.42 Å². The second-order valence-electron chi connectivity index (χ2n) is 6.77. The smallest absolute Gasteiger partial charge is 0.268 e. The third-order valence-corrected chi connectivity index (χ3v) is 6.67. The van der Waals surface area contributed by atoms with Gasteiger partial charge in [0.2, 0.25) is 0 Å². The van der Waals surface area contributed by atoms with Crippen molar-refractivity contribution in [1.82, 2.24) is 4.47 Å². The van der Waals surface area contributed by atoms with Crippen molar-refractivity contribution in [3.8, 4) is 5.75 Å². The number of hydrogen-bond acceptors (Lipinski definition) is 8. The molecule has 0 amide bonds. The average molecular weight is 445 g/mol. The van der Waals surface area contributed by atoms with E-state index in [1.807, 2.05) is 37.3 Å². The fourth-order valence-corrected chi connectivity index (χ4v) is 4.52. The summed E-state index contributed by atoms with van der Waals surface area (Å²) in [4.78, 5) is 28.7. The molecule has 10 heteroatoms. The Bertz CT molecular complexity index is 1250. The van der Waals surface area contributed by atoms with Crippen LogP contribution in [0, 0.1) is 0 Å². The van der Waals surface area contributed by atoms with Crippen LogP contribution in [0.4, 0.5) is 17.1 Å². The maximum Gasteiger partial charge on any atom is 0.268 e. The molecule has 1 unspecified atom stereocenters. The molecule has 0 saturated carbocycles. The number of rotatable bonds is 9. The van der Waals surface area contributed by atoms with Gasteiger partial charge >= 0.3 is 0 Å². The Labute approximate surface area is 179 Å². The van der Waals surface area contributed by atoms with Crippen LogP contribution in [0.3, 0.4) is 0 Å². The monoisotopic (exact) mass is 445 g/mol. The molecule has 9 nitrogen and oxygen atoms in total. The summed E-state index contributed by atoms with van der Waals surface area (Å²) in [7, 11) is -2.93. The van der Waals surface area contributed by atoms with E-state index in [1.165, 1.54) is 25.3 Å². The van der Waals surface area contributed by atoms with Gasteiger partial charge in [0.15, 0.2) is 5.75 Å². The van der Waals surface area contributed by atoms with Crippen LogP contribution in [-0.4, -0.2) is 31.6 Å². The number of aromatic hydroxyl groups is 1. The second kappa shape index (κ2) is 8.88. The molecule has 3 N–H and O–H groups in total. The van der Waals surface area contributed by atoms with Crippen LogP contribution in [0.2, 0.25) is 0 Å². The molecule has 0 fully saturated rings. The highest BCUT2D eigenvalue weighted by Gasteiger charge is 2.29. The fraction of sp³-hybridized carbons (Fsp3) is 0.238. The lowest BCUT2D eigenvalue weighted by Gasteiger charge is -2.21. The van der Waals surface area contributed by atoms with Crippen molar-refractivity contribution in [3.63, 3.8) is 0 Å². The van der Waals surface area contributed by atoms with E-state index in [1.54, 1.807) is 6.92 Å². The Morgan fingerprint density at radius 3 is 2.29 bits per heavy atom. The standard InChI is InChI=1S/C21H23N3O6S/c1-4-24(30-3)31(28,29)16-12-8-11-15(19(16)25)23-18-17(20(26)21(18)27)22-13(2)14-9-6-5-7-10-14/h5-13,22-23,25H,4H2,1-3H3. The SMILES string of the molecule is CCN(OC)S(=O)(=O)c1cccc(Nc2c(NC(C)c3ccccc3)c(=O)c2=O)c1O. The summed E-state index contributed by atoms with van der Waals surface area (Å²) in [6.45, 7) is 3.44. The molecular weight excluding hydrogens is 422 g/mol. The summed E-state index contributed by atoms with van der Waals surface area (Å²) in [6, 6.07) is 13.1. The van der Waals surface area contributed by atoms with Gasteiger partial charge in [0.25, 0.3) is 20.9 Å². The number of hydroxylamine groups is 1. The molecule has 0 bridgehead atoms. The van der Waals surface area contributed by atoms with Gasteiger partial charge in [-0.1, -0.05) is 40.9 Å². The van der Waals surface area contributed by atoms with Crippen LogP contribution < -0.4 is 21.5 Å². The zero-order valence-corrected chi connectivity index (χ0v) is 18.1. The van der Waals surface area contributed by atoms with E-state index >= 15 is 0 Å². The molecule has 0 saturated heterocycles. The highest BCUT2D eigenvalue weighted by molar-refractivity contribution is 7.89. The lowest BCUT2D eigenvalue weighted by atomic mass is 10.1. The first-order valence-electron chi connectivity index (χ1n) is 9.53. The maximum absolute atomic E-state index is 12.7. The highest BCUT2D eigenvalue weighted by atomic mass is 32.2. The number of nitrogens with one attached hydrogen (secondary N) is 2. The third kappa shape index (κ3) is 4.18. The van der Waals surface area contributed by atoms with E-state index in [0.717, 1.165) is 10.0 Å². The van der Waals surface area contributed by atoms with Gasteiger partial charge in [0, 0.05) is 12.6 Å². The third-order valence-electron chi connectivity index (χ3n) is 4.84. The van der Waals surface area contributed by atoms with Crippen LogP contribution in [0.1, 0.15) is 25.5 Å². The van der Waals surface area contributed by atoms with E-state index in [-0.39, 0.29) is 29.6 Å². The molecule has 0 aliphatic carbocycles. The Morgan fingerprint density at radius 2 is 1.68 bits per heavy atom. The largest absolute Gasteiger partial charge is 0.504 e. The number of anilines is 3. The van der Waals surface area contributed by atoms with Gasteiger partial charge in [-0.05, 0) is 31.5 Å². The number of phenols is 1. The quantitative estimate of drug-likeness (QED) is 0.261. The normalized spacial score (nSPS) is 12.8. The molecule has 164 valence electrons. The molecule has 0 aliphatic heterocycles. The highest BCUT2D eigenvalue weighted by Crippen LogP contribution is 2.35. The predicted molar refractivity (Wildman–Crippen MR) is 118 cm³/mol. The number of nitrogens with zero attached hydrogens (tertiary/aromatic N) is 1. The summed E-state index contributed by atoms with van der Waals surface area (Å²) in [5, 5.41) is 16.3. The van der Waals surface area contributed by atoms with Gasteiger partial charge in [-0.15, -0.1) is 0 Å². The first kappa shape index (κ1) is 22.5. The average Bonchev–Trinajstić information content (AvgIpc) is 2.77. The molecule has 0 heterocycles. The molecule has 0 aromatic heterocycles. The van der Waals surface area contributed by atoms with Gasteiger partial charge in [-0.3, -0.25) is 14.4 Å². The van der Waals surface area contributed by atoms with Crippen LogP contribution >= 0.6 is 0 Å². The molecule has 0 aliphatic rings. The zero-order valence-electron chi connectivity index (χ0n) is 17.2. The lowest BCUT2D eigenvalue weighted by molar-refractivity contribution is -0.0443. The van der Waals surface area contributed by atoms with E-state index in [2.05, 4.69) is 10.6 Å². The minimum Gasteiger partial charge on any atom is -0.504 e. The topological polar surface area (TPSA) is 125 Å². The van der Waals surface area contributed by atoms with Crippen molar-refractivity contribution in [1.29, 1.82) is 0 Å². The second-order valence-corrected chi connectivity index (χ2v) is 8.57. The van der Waals surface area contributed by atoms with Crippen molar-refractivity contribution >= 4 is 27.1 Å². The molecule has 0 spiro atoms. The summed E-state index contributed by atoms with van der Waals surface area (Å²) < 4.78 is 26.1. The van der Waals surface area contributed by atoms with Crippen molar-refractivity contribution < 1.29 is 18.4 Å². The molecule has 1 atom stereocenters. The van der Waals surface area contributed by atoms with Gasteiger partial charge in [-0.2, -0.15) is 0 Å². The first-order valence-corrected chi connectivity index (χ1v) is 11.0. The van der Waals surface area contributed by atoms with E-state index in [9.17, 15) is 23.1 Å². The molecule has 3 rings (SSSR count). The van der Waals surface area contributed by atoms with Crippen LogP contribution in [0.25, 0.3) is 0 Å². The van der Waals surface area contributed by atoms with E-state index in [0.29, 0.717) is 0 Å². The van der Waals surface area contributed by atoms with Gasteiger partial charge in [0.1, 0.15) is 16.3 Å². The summed E-state index contributed by atoms with van der Waals surface area (Å²) >= 11 is 0. The first-order chi connectivity index (χ1) is 14.7. The predicted octanol–water partition coefficient (Wildman–Crippen LogP) is 2.48. The van der Waals surface area contributed by atoms with Gasteiger partial charge in [0.05, 0.1) is 12.8 Å². The minimum atomic E-state index is -4.13. The number of para-hydroxylation sites is 1. The maximum atomic E-state index is 12.7. The lowest BCUT2D eigenvalue weighted by Crippen LogP contribution is -2.37. The van der Waals surface area contributed by atoms with Crippen LogP contribution in [0.15, 0.2) is 63.0 Å². The van der Waals surface area contributed by atoms with Gasteiger partial charge < -0.3 is 15.7 Å². The van der Waals surface area contributed by atoms with E-state index in [4.69, 9.17) is 4.84 Å². The van der Waals surface area contributed by atoms with E-state index < -0.39 is 31.5 Å². The van der Waals surface area contributed by atoms with Crippen LogP contribution in [0.5, 0.6) is 5.75 Å². The Morgan fingerprint density at radius 1 is 1.03 bits per heavy atom. The Kier molecular flexibility index (Phi) is 6.44. The number of hydrogen-bond donors (Lipinski definition) is 3.